The molecule has 1 amide bonds. The van der Waals surface area contributed by atoms with Gasteiger partial charge in [0.2, 0.25) is 5.91 Å². The normalized spacial score (nSPS) is 21.8. The third-order valence-corrected chi connectivity index (χ3v) is 3.75. The van der Waals surface area contributed by atoms with Crippen LogP contribution in [0.15, 0.2) is 18.2 Å². The summed E-state index contributed by atoms with van der Waals surface area (Å²) in [5, 5.41) is 0. The molecule has 1 aliphatic carbocycles. The van der Waals surface area contributed by atoms with Crippen LogP contribution in [-0.2, 0) is 11.3 Å². The Morgan fingerprint density at radius 3 is 2.43 bits per heavy atom. The molecule has 0 unspecified atom stereocenters. The van der Waals surface area contributed by atoms with Crippen molar-refractivity contribution in [2.75, 3.05) is 7.05 Å². The molecule has 0 aliphatic heterocycles. The minimum absolute atomic E-state index is 0.0991. The molecule has 7 heteroatoms. The quantitative estimate of drug-likeness (QED) is 0.783. The van der Waals surface area contributed by atoms with E-state index in [0.29, 0.717) is 6.07 Å². The topological polar surface area (TPSA) is 20.3 Å². The van der Waals surface area contributed by atoms with Crippen LogP contribution in [0.3, 0.4) is 0 Å². The number of carbonyl (C=O) groups is 1. The predicted octanol–water partition coefficient (Wildman–Crippen LogP) is 3.51. The highest BCUT2D eigenvalue weighted by atomic mass is 19.4. The van der Waals surface area contributed by atoms with Crippen LogP contribution in [0, 0.1) is 23.5 Å². The summed E-state index contributed by atoms with van der Waals surface area (Å²) in [7, 11) is 1.39. The Morgan fingerprint density at radius 2 is 1.90 bits per heavy atom. The predicted molar refractivity (Wildman–Crippen MR) is 65.1 cm³/mol. The van der Waals surface area contributed by atoms with Gasteiger partial charge in [0, 0.05) is 31.1 Å². The number of rotatable bonds is 3. The van der Waals surface area contributed by atoms with Crippen molar-refractivity contribution in [2.24, 2.45) is 11.8 Å². The molecule has 2 nitrogen and oxygen atoms in total. The summed E-state index contributed by atoms with van der Waals surface area (Å²) in [4.78, 5) is 13.1. The summed E-state index contributed by atoms with van der Waals surface area (Å²) in [5.74, 6) is -4.06. The highest BCUT2D eigenvalue weighted by Gasteiger charge is 2.50. The Labute approximate surface area is 118 Å². The SMILES string of the molecule is CN(Cc1ccc(F)cc1F)C(=O)C1CC(C(F)(F)F)C1. The zero-order valence-corrected chi connectivity index (χ0v) is 11.3. The number of halogens is 5. The highest BCUT2D eigenvalue weighted by molar-refractivity contribution is 5.79. The van der Waals surface area contributed by atoms with Crippen LogP contribution in [0.5, 0.6) is 0 Å². The average Bonchev–Trinajstić information content (AvgIpc) is 2.28. The molecule has 116 valence electrons. The van der Waals surface area contributed by atoms with Gasteiger partial charge in [-0.15, -0.1) is 0 Å². The van der Waals surface area contributed by atoms with Crippen molar-refractivity contribution in [3.8, 4) is 0 Å². The molecular formula is C14H14F5NO. The minimum atomic E-state index is -4.27. The van der Waals surface area contributed by atoms with E-state index in [0.717, 1.165) is 6.07 Å². The lowest BCUT2D eigenvalue weighted by Gasteiger charge is -2.37. The van der Waals surface area contributed by atoms with E-state index in [9.17, 15) is 26.7 Å². The maximum absolute atomic E-state index is 13.5. The van der Waals surface area contributed by atoms with Gasteiger partial charge in [0.05, 0.1) is 5.92 Å². The van der Waals surface area contributed by atoms with Gasteiger partial charge in [-0.3, -0.25) is 4.79 Å². The number of hydrogen-bond donors (Lipinski definition) is 0. The molecule has 1 aromatic rings. The fraction of sp³-hybridized carbons (Fsp3) is 0.500. The maximum Gasteiger partial charge on any atom is 0.391 e. The Hall–Kier alpha value is -1.66. The molecule has 1 aromatic carbocycles. The first-order chi connectivity index (χ1) is 9.68. The molecule has 1 fully saturated rings. The van der Waals surface area contributed by atoms with Crippen LogP contribution in [0.4, 0.5) is 22.0 Å². The summed E-state index contributed by atoms with van der Waals surface area (Å²) in [6.07, 6.45) is -4.71. The highest BCUT2D eigenvalue weighted by Crippen LogP contribution is 2.45. The van der Waals surface area contributed by atoms with Crippen LogP contribution in [-0.4, -0.2) is 24.0 Å². The molecule has 1 saturated carbocycles. The largest absolute Gasteiger partial charge is 0.391 e. The van der Waals surface area contributed by atoms with Gasteiger partial charge in [0.15, 0.2) is 0 Å². The Balaban J connectivity index is 1.92. The van der Waals surface area contributed by atoms with Gasteiger partial charge in [-0.2, -0.15) is 13.2 Å². The van der Waals surface area contributed by atoms with Crippen molar-refractivity contribution in [1.29, 1.82) is 0 Å². The maximum atomic E-state index is 13.5. The Bertz CT molecular complexity index is 537. The zero-order chi connectivity index (χ0) is 15.8. The first-order valence-corrected chi connectivity index (χ1v) is 6.44. The van der Waals surface area contributed by atoms with Crippen molar-refractivity contribution in [1.82, 2.24) is 4.90 Å². The second-order valence-electron chi connectivity index (χ2n) is 5.34. The number of amides is 1. The summed E-state index contributed by atoms with van der Waals surface area (Å²) >= 11 is 0. The van der Waals surface area contributed by atoms with Crippen molar-refractivity contribution in [3.63, 3.8) is 0 Å². The first-order valence-electron chi connectivity index (χ1n) is 6.44. The van der Waals surface area contributed by atoms with E-state index in [1.54, 1.807) is 0 Å². The molecule has 0 aromatic heterocycles. The van der Waals surface area contributed by atoms with Crippen molar-refractivity contribution < 1.29 is 26.7 Å². The van der Waals surface area contributed by atoms with E-state index < -0.39 is 35.6 Å². The number of benzene rings is 1. The summed E-state index contributed by atoms with van der Waals surface area (Å²) in [6, 6.07) is 2.99. The Kier molecular flexibility index (Phi) is 4.20. The van der Waals surface area contributed by atoms with E-state index in [1.165, 1.54) is 18.0 Å². The van der Waals surface area contributed by atoms with Crippen LogP contribution >= 0.6 is 0 Å². The second kappa shape index (κ2) is 5.61. The van der Waals surface area contributed by atoms with E-state index >= 15 is 0 Å². The van der Waals surface area contributed by atoms with Gasteiger partial charge in [0.1, 0.15) is 11.6 Å². The van der Waals surface area contributed by atoms with E-state index in [4.69, 9.17) is 0 Å². The summed E-state index contributed by atoms with van der Waals surface area (Å²) in [6.45, 7) is -0.0991. The van der Waals surface area contributed by atoms with Gasteiger partial charge in [-0.25, -0.2) is 8.78 Å². The van der Waals surface area contributed by atoms with Gasteiger partial charge < -0.3 is 4.90 Å². The minimum Gasteiger partial charge on any atom is -0.341 e. The van der Waals surface area contributed by atoms with Crippen LogP contribution in [0.25, 0.3) is 0 Å². The molecular weight excluding hydrogens is 293 g/mol. The van der Waals surface area contributed by atoms with Crippen molar-refractivity contribution in [3.05, 3.63) is 35.4 Å². The molecule has 0 N–H and O–H groups in total. The number of hydrogen-bond acceptors (Lipinski definition) is 1. The second-order valence-corrected chi connectivity index (χ2v) is 5.34. The lowest BCUT2D eigenvalue weighted by atomic mass is 9.74. The van der Waals surface area contributed by atoms with Gasteiger partial charge >= 0.3 is 6.18 Å². The smallest absolute Gasteiger partial charge is 0.341 e. The molecule has 0 heterocycles. The van der Waals surface area contributed by atoms with Gasteiger partial charge in [0.25, 0.3) is 0 Å². The number of carbonyl (C=O) groups excluding carboxylic acids is 1. The van der Waals surface area contributed by atoms with Crippen molar-refractivity contribution in [2.45, 2.75) is 25.6 Å². The first kappa shape index (κ1) is 15.7. The Morgan fingerprint density at radius 1 is 1.29 bits per heavy atom. The lowest BCUT2D eigenvalue weighted by molar-refractivity contribution is -0.206. The molecule has 1 aliphatic rings. The fourth-order valence-corrected chi connectivity index (χ4v) is 2.38. The van der Waals surface area contributed by atoms with E-state index in [1.807, 2.05) is 0 Å². The third kappa shape index (κ3) is 3.51. The molecule has 0 bridgehead atoms. The van der Waals surface area contributed by atoms with Gasteiger partial charge in [-0.1, -0.05) is 6.07 Å². The molecule has 2 rings (SSSR count). The van der Waals surface area contributed by atoms with Crippen molar-refractivity contribution >= 4 is 5.91 Å². The van der Waals surface area contributed by atoms with Crippen LogP contribution in [0.1, 0.15) is 18.4 Å². The third-order valence-electron chi connectivity index (χ3n) is 3.75. The standard InChI is InChI=1S/C14H14F5NO/c1-20(7-8-2-3-11(15)6-12(8)16)13(21)9-4-10(5-9)14(17,18)19/h2-3,6,9-10H,4-5,7H2,1H3. The summed E-state index contributed by atoms with van der Waals surface area (Å²) < 4.78 is 63.3. The van der Waals surface area contributed by atoms with Crippen LogP contribution < -0.4 is 0 Å². The number of alkyl halides is 3. The molecule has 0 saturated heterocycles. The van der Waals surface area contributed by atoms with Crippen LogP contribution in [0.2, 0.25) is 0 Å². The van der Waals surface area contributed by atoms with Gasteiger partial charge in [-0.05, 0) is 18.9 Å². The van der Waals surface area contributed by atoms with E-state index in [2.05, 4.69) is 0 Å². The van der Waals surface area contributed by atoms with E-state index in [-0.39, 0.29) is 24.9 Å². The molecule has 0 spiro atoms. The molecule has 0 atom stereocenters. The fourth-order valence-electron chi connectivity index (χ4n) is 2.38. The average molecular weight is 307 g/mol. The summed E-state index contributed by atoms with van der Waals surface area (Å²) in [5.41, 5.74) is 0.124. The monoisotopic (exact) mass is 307 g/mol. The number of nitrogens with zero attached hydrogens (tertiary/aromatic N) is 1. The zero-order valence-electron chi connectivity index (χ0n) is 11.3. The molecule has 0 radical (unpaired) electrons. The molecule has 21 heavy (non-hydrogen) atoms. The lowest BCUT2D eigenvalue weighted by Crippen LogP contribution is -2.44.